The normalized spacial score (nSPS) is 18.4. The molecule has 0 unspecified atom stereocenters. The lowest BCUT2D eigenvalue weighted by atomic mass is 9.93. The lowest BCUT2D eigenvalue weighted by Gasteiger charge is -2.30. The first-order valence-corrected chi connectivity index (χ1v) is 11.7. The van der Waals surface area contributed by atoms with Crippen molar-refractivity contribution in [2.24, 2.45) is 7.05 Å². The highest BCUT2D eigenvalue weighted by atomic mass is 19.4. The summed E-state index contributed by atoms with van der Waals surface area (Å²) in [5.74, 6) is 0.462. The Kier molecular flexibility index (Phi) is 6.15. The van der Waals surface area contributed by atoms with Crippen molar-refractivity contribution < 1.29 is 17.9 Å². The maximum absolute atomic E-state index is 13.3. The van der Waals surface area contributed by atoms with E-state index in [0.29, 0.717) is 31.5 Å². The summed E-state index contributed by atoms with van der Waals surface area (Å²) in [6, 6.07) is 7.98. The van der Waals surface area contributed by atoms with Crippen LogP contribution in [0.3, 0.4) is 0 Å². The van der Waals surface area contributed by atoms with Crippen molar-refractivity contribution in [3.63, 3.8) is 0 Å². The van der Waals surface area contributed by atoms with Crippen LogP contribution in [-0.4, -0.2) is 37.5 Å². The molecule has 4 aromatic heterocycles. The number of nitrogens with zero attached hydrogens (tertiary/aromatic N) is 5. The van der Waals surface area contributed by atoms with Crippen LogP contribution in [-0.2, 0) is 13.2 Å². The summed E-state index contributed by atoms with van der Waals surface area (Å²) in [7, 11) is 3.48. The standard InChI is InChI=1S/C25H25F3N6O2/c1-29-21-12-19-18(13-31-21)23(15-5-10-22(35)33(2)14-15)32-34(19)16-6-8-17(9-7-16)36-20-4-3-11-30-24(20)25(26,27)28/h3-5,10-14,16-17H,6-9H2,1-2H3,(H,29,31). The average Bonchev–Trinajstić information content (AvgIpc) is 3.24. The number of anilines is 1. The molecule has 8 nitrogen and oxygen atoms in total. The van der Waals surface area contributed by atoms with Gasteiger partial charge in [0.2, 0.25) is 5.56 Å². The van der Waals surface area contributed by atoms with Crippen LogP contribution in [0.25, 0.3) is 22.2 Å². The Morgan fingerprint density at radius 3 is 2.58 bits per heavy atom. The van der Waals surface area contributed by atoms with Crippen LogP contribution in [0.15, 0.2) is 53.7 Å². The second kappa shape index (κ2) is 9.29. The molecule has 0 spiro atoms. The van der Waals surface area contributed by atoms with Gasteiger partial charge in [0.15, 0.2) is 11.4 Å². The van der Waals surface area contributed by atoms with Crippen LogP contribution in [0.5, 0.6) is 5.75 Å². The van der Waals surface area contributed by atoms with Crippen molar-refractivity contribution >= 4 is 16.7 Å². The van der Waals surface area contributed by atoms with Gasteiger partial charge in [0.25, 0.3) is 0 Å². The first-order chi connectivity index (χ1) is 17.2. The smallest absolute Gasteiger partial charge is 0.437 e. The van der Waals surface area contributed by atoms with Crippen molar-refractivity contribution in [1.82, 2.24) is 24.3 Å². The largest absolute Gasteiger partial charge is 0.488 e. The van der Waals surface area contributed by atoms with Crippen LogP contribution in [0.4, 0.5) is 19.0 Å². The van der Waals surface area contributed by atoms with E-state index in [-0.39, 0.29) is 23.5 Å². The molecule has 0 saturated heterocycles. The predicted octanol–water partition coefficient (Wildman–Crippen LogP) is 4.82. The molecule has 36 heavy (non-hydrogen) atoms. The Balaban J connectivity index is 1.42. The lowest BCUT2D eigenvalue weighted by molar-refractivity contribution is -0.143. The van der Waals surface area contributed by atoms with Gasteiger partial charge in [0, 0.05) is 55.8 Å². The van der Waals surface area contributed by atoms with Gasteiger partial charge < -0.3 is 14.6 Å². The van der Waals surface area contributed by atoms with Crippen molar-refractivity contribution in [2.45, 2.75) is 44.0 Å². The molecular formula is C25H25F3N6O2. The summed E-state index contributed by atoms with van der Waals surface area (Å²) in [4.78, 5) is 19.8. The number of alkyl halides is 3. The number of halogens is 3. The van der Waals surface area contributed by atoms with E-state index in [1.54, 1.807) is 32.6 Å². The summed E-state index contributed by atoms with van der Waals surface area (Å²) in [6.45, 7) is 0. The van der Waals surface area contributed by atoms with E-state index >= 15 is 0 Å². The molecule has 0 atom stereocenters. The van der Waals surface area contributed by atoms with E-state index in [2.05, 4.69) is 15.3 Å². The number of fused-ring (bicyclic) bond motifs is 1. The van der Waals surface area contributed by atoms with Crippen molar-refractivity contribution in [3.8, 4) is 17.0 Å². The number of rotatable bonds is 5. The third-order valence-corrected chi connectivity index (χ3v) is 6.53. The van der Waals surface area contributed by atoms with Gasteiger partial charge in [-0.3, -0.25) is 9.48 Å². The van der Waals surface area contributed by atoms with Crippen LogP contribution in [0.2, 0.25) is 0 Å². The molecule has 1 N–H and O–H groups in total. The quantitative estimate of drug-likeness (QED) is 0.425. The molecule has 1 saturated carbocycles. The van der Waals surface area contributed by atoms with Crippen LogP contribution >= 0.6 is 0 Å². The fourth-order valence-corrected chi connectivity index (χ4v) is 4.68. The molecule has 0 aliphatic heterocycles. The number of aromatic nitrogens is 5. The third-order valence-electron chi connectivity index (χ3n) is 6.53. The molecule has 4 heterocycles. The van der Waals surface area contributed by atoms with Gasteiger partial charge >= 0.3 is 6.18 Å². The van der Waals surface area contributed by atoms with E-state index in [1.807, 2.05) is 10.7 Å². The van der Waals surface area contributed by atoms with E-state index in [9.17, 15) is 18.0 Å². The molecule has 5 rings (SSSR count). The van der Waals surface area contributed by atoms with Gasteiger partial charge in [-0.2, -0.15) is 18.3 Å². The summed E-state index contributed by atoms with van der Waals surface area (Å²) < 4.78 is 49.1. The monoisotopic (exact) mass is 498 g/mol. The Morgan fingerprint density at radius 2 is 1.89 bits per heavy atom. The topological polar surface area (TPSA) is 86.9 Å². The second-order valence-corrected chi connectivity index (χ2v) is 8.89. The summed E-state index contributed by atoms with van der Waals surface area (Å²) in [5, 5.41) is 8.83. The molecule has 0 radical (unpaired) electrons. The van der Waals surface area contributed by atoms with Crippen molar-refractivity contribution in [2.75, 3.05) is 12.4 Å². The number of aryl methyl sites for hydroxylation is 1. The zero-order chi connectivity index (χ0) is 25.4. The molecule has 11 heteroatoms. The summed E-state index contributed by atoms with van der Waals surface area (Å²) in [6.07, 6.45) is 2.25. The average molecular weight is 499 g/mol. The minimum absolute atomic E-state index is 0.0386. The number of hydrogen-bond acceptors (Lipinski definition) is 6. The number of nitrogens with one attached hydrogen (secondary N) is 1. The summed E-state index contributed by atoms with van der Waals surface area (Å²) in [5.41, 5.74) is 1.31. The fourth-order valence-electron chi connectivity index (χ4n) is 4.68. The first-order valence-electron chi connectivity index (χ1n) is 11.7. The third kappa shape index (κ3) is 4.52. The maximum Gasteiger partial charge on any atom is 0.437 e. The van der Waals surface area contributed by atoms with E-state index in [4.69, 9.17) is 9.84 Å². The molecule has 4 aromatic rings. The highest BCUT2D eigenvalue weighted by Gasteiger charge is 2.37. The SMILES string of the molecule is CNc1cc2c(cn1)c(-c1ccc(=O)n(C)c1)nn2C1CCC(Oc2cccnc2C(F)(F)F)CC1. The fraction of sp³-hybridized carbons (Fsp3) is 0.360. The molecule has 1 aliphatic rings. The predicted molar refractivity (Wildman–Crippen MR) is 129 cm³/mol. The zero-order valence-electron chi connectivity index (χ0n) is 19.8. The molecule has 1 aliphatic carbocycles. The second-order valence-electron chi connectivity index (χ2n) is 8.89. The van der Waals surface area contributed by atoms with Gasteiger partial charge in [-0.25, -0.2) is 9.97 Å². The number of ether oxygens (including phenoxy) is 1. The van der Waals surface area contributed by atoms with Crippen molar-refractivity contribution in [3.05, 3.63) is 65.0 Å². The highest BCUT2D eigenvalue weighted by Crippen LogP contribution is 2.39. The number of pyridine rings is 3. The molecule has 188 valence electrons. The van der Waals surface area contributed by atoms with Crippen LogP contribution in [0, 0.1) is 0 Å². The van der Waals surface area contributed by atoms with Crippen molar-refractivity contribution in [1.29, 1.82) is 0 Å². The van der Waals surface area contributed by atoms with Crippen LogP contribution in [0.1, 0.15) is 37.4 Å². The Labute approximate surface area is 204 Å². The molecule has 0 amide bonds. The summed E-state index contributed by atoms with van der Waals surface area (Å²) >= 11 is 0. The van der Waals surface area contributed by atoms with E-state index in [1.165, 1.54) is 22.8 Å². The minimum Gasteiger partial charge on any atom is -0.488 e. The highest BCUT2D eigenvalue weighted by molar-refractivity contribution is 5.93. The van der Waals surface area contributed by atoms with Gasteiger partial charge in [-0.05, 0) is 43.9 Å². The van der Waals surface area contributed by atoms with Gasteiger partial charge in [0.1, 0.15) is 11.5 Å². The van der Waals surface area contributed by atoms with E-state index < -0.39 is 11.9 Å². The molecule has 0 bridgehead atoms. The molecule has 0 aromatic carbocycles. The van der Waals surface area contributed by atoms with E-state index in [0.717, 1.165) is 28.4 Å². The van der Waals surface area contributed by atoms with Crippen LogP contribution < -0.4 is 15.6 Å². The Bertz CT molecular complexity index is 1450. The Hall–Kier alpha value is -3.89. The lowest BCUT2D eigenvalue weighted by Crippen LogP contribution is -2.27. The van der Waals surface area contributed by atoms with Gasteiger partial charge in [-0.1, -0.05) is 0 Å². The zero-order valence-corrected chi connectivity index (χ0v) is 19.8. The van der Waals surface area contributed by atoms with Gasteiger partial charge in [0.05, 0.1) is 17.7 Å². The number of hydrogen-bond donors (Lipinski definition) is 1. The first kappa shape index (κ1) is 23.8. The molecular weight excluding hydrogens is 473 g/mol. The molecule has 1 fully saturated rings. The maximum atomic E-state index is 13.3. The van der Waals surface area contributed by atoms with Gasteiger partial charge in [-0.15, -0.1) is 0 Å². The Morgan fingerprint density at radius 1 is 1.11 bits per heavy atom. The minimum atomic E-state index is -4.57.